The van der Waals surface area contributed by atoms with Crippen LogP contribution in [0.5, 0.6) is 0 Å². The number of carbonyl (C=O) groups is 3. The molecule has 1 saturated heterocycles. The van der Waals surface area contributed by atoms with Crippen LogP contribution in [-0.2, 0) is 11.2 Å². The number of nitrogens with zero attached hydrogens (tertiary/aromatic N) is 1. The molecule has 37 heavy (non-hydrogen) atoms. The Bertz CT molecular complexity index is 1240. The van der Waals surface area contributed by atoms with Crippen molar-refractivity contribution < 1.29 is 23.5 Å². The molecule has 1 atom stereocenters. The molecule has 8 nitrogen and oxygen atoms in total. The lowest BCUT2D eigenvalue weighted by atomic mass is 9.85. The van der Waals surface area contributed by atoms with Crippen molar-refractivity contribution in [3.8, 4) is 0 Å². The lowest BCUT2D eigenvalue weighted by Crippen LogP contribution is -2.41. The minimum Gasteiger partial charge on any atom is -0.444 e. The van der Waals surface area contributed by atoms with E-state index in [0.29, 0.717) is 53.5 Å². The zero-order chi connectivity index (χ0) is 27.1. The number of rotatable bonds is 4. The van der Waals surface area contributed by atoms with Crippen molar-refractivity contribution in [2.24, 2.45) is 5.41 Å². The summed E-state index contributed by atoms with van der Waals surface area (Å²) in [6.07, 6.45) is 0.576. The van der Waals surface area contributed by atoms with Gasteiger partial charge < -0.3 is 25.6 Å². The van der Waals surface area contributed by atoms with Gasteiger partial charge >= 0.3 is 6.09 Å². The molecule has 0 radical (unpaired) electrons. The molecule has 4 rings (SSSR count). The second-order valence-electron chi connectivity index (χ2n) is 11.3. The highest BCUT2D eigenvalue weighted by Gasteiger charge is 2.38. The Balaban J connectivity index is 1.65. The van der Waals surface area contributed by atoms with Crippen molar-refractivity contribution in [1.29, 1.82) is 0 Å². The maximum atomic E-state index is 14.7. The van der Waals surface area contributed by atoms with Crippen LogP contribution in [0, 0.1) is 14.8 Å². The number of amides is 3. The van der Waals surface area contributed by atoms with Gasteiger partial charge in [0.1, 0.15) is 16.4 Å². The molecule has 0 saturated carbocycles. The maximum absolute atomic E-state index is 14.7. The number of alkyl carbamates (subject to hydrolysis) is 1. The molecule has 2 aromatic rings. The van der Waals surface area contributed by atoms with E-state index in [-0.39, 0.29) is 29.0 Å². The number of benzene rings is 1. The van der Waals surface area contributed by atoms with E-state index >= 15 is 0 Å². The molecule has 200 valence electrons. The summed E-state index contributed by atoms with van der Waals surface area (Å²) in [6, 6.07) is 4.55. The summed E-state index contributed by atoms with van der Waals surface area (Å²) in [5.41, 5.74) is 0.406. The second-order valence-corrected chi connectivity index (χ2v) is 13.5. The van der Waals surface area contributed by atoms with Gasteiger partial charge in [-0.25, -0.2) is 9.18 Å². The molecule has 11 heteroatoms. The molecule has 3 amide bonds. The smallest absolute Gasteiger partial charge is 0.407 e. The third-order valence-corrected chi connectivity index (χ3v) is 8.00. The molecule has 0 spiro atoms. The van der Waals surface area contributed by atoms with Crippen LogP contribution in [0.4, 0.5) is 19.9 Å². The third kappa shape index (κ3) is 6.54. The number of thiophene rings is 1. The second kappa shape index (κ2) is 10.4. The van der Waals surface area contributed by atoms with Gasteiger partial charge in [0.05, 0.1) is 22.2 Å². The van der Waals surface area contributed by atoms with E-state index in [2.05, 4.69) is 16.0 Å². The van der Waals surface area contributed by atoms with Crippen LogP contribution in [-0.4, -0.2) is 54.1 Å². The first-order valence-electron chi connectivity index (χ1n) is 12.2. The first kappa shape index (κ1) is 27.6. The molecule has 1 aromatic heterocycles. The van der Waals surface area contributed by atoms with Gasteiger partial charge in [-0.2, -0.15) is 0 Å². The first-order valence-corrected chi connectivity index (χ1v) is 14.1. The molecule has 2 aliphatic heterocycles. The molecule has 1 fully saturated rings. The van der Waals surface area contributed by atoms with Gasteiger partial charge in [0.2, 0.25) is 0 Å². The summed E-state index contributed by atoms with van der Waals surface area (Å²) in [5, 5.41) is 9.32. The highest BCUT2D eigenvalue weighted by molar-refractivity contribution is 14.1. The van der Waals surface area contributed by atoms with Crippen LogP contribution < -0.4 is 16.0 Å². The summed E-state index contributed by atoms with van der Waals surface area (Å²) in [6.45, 7) is 10.7. The van der Waals surface area contributed by atoms with Gasteiger partial charge in [0.15, 0.2) is 0 Å². The normalized spacial score (nSPS) is 19.1. The maximum Gasteiger partial charge on any atom is 0.407 e. The number of hydrogen-bond acceptors (Lipinski definition) is 6. The van der Waals surface area contributed by atoms with E-state index in [1.165, 1.54) is 17.4 Å². The van der Waals surface area contributed by atoms with E-state index in [9.17, 15) is 18.8 Å². The van der Waals surface area contributed by atoms with Crippen molar-refractivity contribution in [3.63, 3.8) is 0 Å². The number of hydrogen-bond donors (Lipinski definition) is 3. The SMILES string of the molecule is CC1(C)CNC(=O)c2sc(Nc3ccc(I)cc3F)c(C(=O)N3CC[C@H](NC(=O)OC(C)(C)C)C3)c2C1. The third-order valence-electron chi connectivity index (χ3n) is 6.19. The average molecular weight is 643 g/mol. The molecule has 2 aliphatic rings. The van der Waals surface area contributed by atoms with Gasteiger partial charge in [0.25, 0.3) is 11.8 Å². The highest BCUT2D eigenvalue weighted by atomic mass is 127. The number of carbonyl (C=O) groups excluding carboxylic acids is 3. The fraction of sp³-hybridized carbons (Fsp3) is 0.500. The molecule has 0 unspecified atom stereocenters. The predicted molar refractivity (Wildman–Crippen MR) is 150 cm³/mol. The molecule has 0 bridgehead atoms. The Hall–Kier alpha value is -2.41. The predicted octanol–water partition coefficient (Wildman–Crippen LogP) is 5.29. The Morgan fingerprint density at radius 2 is 2.03 bits per heavy atom. The fourth-order valence-corrected chi connectivity index (χ4v) is 6.07. The summed E-state index contributed by atoms with van der Waals surface area (Å²) in [4.78, 5) is 41.3. The molecule has 1 aromatic carbocycles. The summed E-state index contributed by atoms with van der Waals surface area (Å²) in [5.74, 6) is -0.923. The average Bonchev–Trinajstić information content (AvgIpc) is 3.34. The van der Waals surface area contributed by atoms with Crippen LogP contribution >= 0.6 is 33.9 Å². The van der Waals surface area contributed by atoms with Gasteiger partial charge in [0, 0.05) is 23.2 Å². The van der Waals surface area contributed by atoms with Crippen LogP contribution in [0.3, 0.4) is 0 Å². The van der Waals surface area contributed by atoms with Crippen molar-refractivity contribution in [2.75, 3.05) is 25.0 Å². The Kier molecular flexibility index (Phi) is 7.76. The number of halogens is 2. The minimum absolute atomic E-state index is 0.233. The number of nitrogens with one attached hydrogen (secondary N) is 3. The summed E-state index contributed by atoms with van der Waals surface area (Å²) < 4.78 is 20.8. The van der Waals surface area contributed by atoms with E-state index in [0.717, 1.165) is 3.57 Å². The van der Waals surface area contributed by atoms with Crippen molar-refractivity contribution in [3.05, 3.63) is 43.6 Å². The van der Waals surface area contributed by atoms with Crippen LogP contribution in [0.1, 0.15) is 66.6 Å². The van der Waals surface area contributed by atoms with Gasteiger partial charge in [-0.3, -0.25) is 9.59 Å². The van der Waals surface area contributed by atoms with Gasteiger partial charge in [-0.15, -0.1) is 11.3 Å². The summed E-state index contributed by atoms with van der Waals surface area (Å²) >= 11 is 3.20. The molecule has 3 heterocycles. The lowest BCUT2D eigenvalue weighted by Gasteiger charge is -2.24. The quantitative estimate of drug-likeness (QED) is 0.394. The minimum atomic E-state index is -0.620. The fourth-order valence-electron chi connectivity index (χ4n) is 4.48. The first-order chi connectivity index (χ1) is 17.2. The Morgan fingerprint density at radius 1 is 1.30 bits per heavy atom. The summed E-state index contributed by atoms with van der Waals surface area (Å²) in [7, 11) is 0. The van der Waals surface area contributed by atoms with Crippen molar-refractivity contribution in [2.45, 2.75) is 59.1 Å². The lowest BCUT2D eigenvalue weighted by molar-refractivity contribution is 0.0502. The zero-order valence-electron chi connectivity index (χ0n) is 21.6. The van der Waals surface area contributed by atoms with Crippen molar-refractivity contribution in [1.82, 2.24) is 15.5 Å². The number of ether oxygens (including phenoxy) is 1. The molecule has 0 aliphatic carbocycles. The van der Waals surface area contributed by atoms with Gasteiger partial charge in [-0.1, -0.05) is 13.8 Å². The van der Waals surface area contributed by atoms with Gasteiger partial charge in [-0.05, 0) is 85.4 Å². The molecule has 3 N–H and O–H groups in total. The number of likely N-dealkylation sites (tertiary alicyclic amines) is 1. The Morgan fingerprint density at radius 3 is 2.70 bits per heavy atom. The number of fused-ring (bicyclic) bond motifs is 1. The van der Waals surface area contributed by atoms with E-state index < -0.39 is 17.5 Å². The number of anilines is 2. The molecular weight excluding hydrogens is 610 g/mol. The monoisotopic (exact) mass is 642 g/mol. The molecular formula is C26H32FIN4O4S. The highest BCUT2D eigenvalue weighted by Crippen LogP contribution is 2.41. The topological polar surface area (TPSA) is 99.8 Å². The van der Waals surface area contributed by atoms with E-state index in [4.69, 9.17) is 4.74 Å². The van der Waals surface area contributed by atoms with E-state index in [1.807, 2.05) is 36.4 Å². The standard InChI is InChI=1S/C26H32FIN4O4S/c1-25(2,3)36-24(35)30-15-8-9-32(12-15)23(34)19-16-11-26(4,5)13-29-21(33)20(16)37-22(19)31-18-7-6-14(28)10-17(18)27/h6-7,10,15,31H,8-9,11-13H2,1-5H3,(H,29,33)(H,30,35)/t15-/m0/s1. The van der Waals surface area contributed by atoms with Crippen LogP contribution in [0.15, 0.2) is 18.2 Å². The van der Waals surface area contributed by atoms with Crippen LogP contribution in [0.2, 0.25) is 0 Å². The largest absolute Gasteiger partial charge is 0.444 e. The zero-order valence-corrected chi connectivity index (χ0v) is 24.6. The van der Waals surface area contributed by atoms with Crippen molar-refractivity contribution >= 4 is 62.5 Å². The van der Waals surface area contributed by atoms with E-state index in [1.54, 1.807) is 37.8 Å². The van der Waals surface area contributed by atoms with Crippen LogP contribution in [0.25, 0.3) is 0 Å². The Labute approximate surface area is 233 Å².